The van der Waals surface area contributed by atoms with Crippen LogP contribution >= 0.6 is 11.3 Å². The van der Waals surface area contributed by atoms with E-state index < -0.39 is 0 Å². The highest BCUT2D eigenvalue weighted by atomic mass is 32.1. The topological polar surface area (TPSA) is 51.0 Å². The van der Waals surface area contributed by atoms with Gasteiger partial charge in [-0.05, 0) is 58.8 Å². The lowest BCUT2D eigenvalue weighted by Crippen LogP contribution is -2.29. The number of hydrogen-bond donors (Lipinski definition) is 0. The molecule has 6 heteroatoms. The predicted octanol–water partition coefficient (Wildman–Crippen LogP) is 4.58. The number of aryl methyl sites for hydroxylation is 3. The van der Waals surface area contributed by atoms with E-state index in [4.69, 9.17) is 9.97 Å². The van der Waals surface area contributed by atoms with Crippen LogP contribution in [0.4, 0.5) is 0 Å². The number of thiazole rings is 1. The van der Waals surface area contributed by atoms with Gasteiger partial charge in [-0.3, -0.25) is 4.79 Å². The number of carbonyl (C=O) groups is 1. The van der Waals surface area contributed by atoms with Gasteiger partial charge in [0.05, 0.1) is 22.4 Å². The summed E-state index contributed by atoms with van der Waals surface area (Å²) in [4.78, 5) is 25.8. The maximum absolute atomic E-state index is 13.3. The van der Waals surface area contributed by atoms with E-state index in [1.54, 1.807) is 11.3 Å². The van der Waals surface area contributed by atoms with Crippen molar-refractivity contribution in [2.45, 2.75) is 83.6 Å². The molecule has 1 saturated carbocycles. The number of amides is 1. The molecule has 0 N–H and O–H groups in total. The number of rotatable bonds is 3. The van der Waals surface area contributed by atoms with E-state index in [0.717, 1.165) is 48.7 Å². The zero-order valence-corrected chi connectivity index (χ0v) is 17.9. The van der Waals surface area contributed by atoms with Crippen molar-refractivity contribution in [3.05, 3.63) is 32.8 Å². The number of aromatic nitrogens is 3. The van der Waals surface area contributed by atoms with Gasteiger partial charge in [-0.25, -0.2) is 9.97 Å². The fourth-order valence-electron chi connectivity index (χ4n) is 5.43. The Balaban J connectivity index is 1.34. The summed E-state index contributed by atoms with van der Waals surface area (Å²) in [5, 5.41) is 1.19. The van der Waals surface area contributed by atoms with Gasteiger partial charge in [0.1, 0.15) is 10.7 Å². The smallest absolute Gasteiger partial charge is 0.265 e. The molecule has 2 aromatic heterocycles. The Bertz CT molecular complexity index is 893. The normalized spacial score (nSPS) is 22.8. The second kappa shape index (κ2) is 7.29. The van der Waals surface area contributed by atoms with E-state index in [1.807, 2.05) is 6.92 Å². The van der Waals surface area contributed by atoms with E-state index in [0.29, 0.717) is 12.0 Å². The lowest BCUT2D eigenvalue weighted by Gasteiger charge is -2.21. The molecule has 1 atom stereocenters. The lowest BCUT2D eigenvalue weighted by molar-refractivity contribution is 0.0791. The van der Waals surface area contributed by atoms with Crippen LogP contribution in [0.1, 0.15) is 94.5 Å². The monoisotopic (exact) mass is 398 g/mol. The van der Waals surface area contributed by atoms with Crippen molar-refractivity contribution in [2.75, 3.05) is 13.1 Å². The Morgan fingerprint density at radius 3 is 2.64 bits per heavy atom. The molecule has 3 heterocycles. The minimum atomic E-state index is 0.188. The molecule has 5 rings (SSSR count). The van der Waals surface area contributed by atoms with E-state index in [-0.39, 0.29) is 5.91 Å². The molecule has 1 aliphatic heterocycles. The third kappa shape index (κ3) is 3.10. The van der Waals surface area contributed by atoms with Crippen LogP contribution in [0.3, 0.4) is 0 Å². The summed E-state index contributed by atoms with van der Waals surface area (Å²) >= 11 is 1.65. The molecule has 2 aliphatic carbocycles. The average molecular weight is 399 g/mol. The summed E-state index contributed by atoms with van der Waals surface area (Å²) in [6.07, 6.45) is 10.9. The molecule has 0 bridgehead atoms. The van der Waals surface area contributed by atoms with Crippen molar-refractivity contribution in [3.8, 4) is 0 Å². The number of hydrogen-bond acceptors (Lipinski definition) is 4. The zero-order valence-electron chi connectivity index (χ0n) is 17.0. The minimum absolute atomic E-state index is 0.188. The first-order chi connectivity index (χ1) is 13.6. The summed E-state index contributed by atoms with van der Waals surface area (Å²) in [5.74, 6) is 1.90. The van der Waals surface area contributed by atoms with Crippen molar-refractivity contribution < 1.29 is 4.79 Å². The first-order valence-corrected chi connectivity index (χ1v) is 11.8. The molecule has 0 spiro atoms. The third-order valence-corrected chi connectivity index (χ3v) is 8.18. The van der Waals surface area contributed by atoms with Gasteiger partial charge in [0.15, 0.2) is 0 Å². The van der Waals surface area contributed by atoms with Gasteiger partial charge in [-0.15, -0.1) is 11.3 Å². The predicted molar refractivity (Wildman–Crippen MR) is 111 cm³/mol. The van der Waals surface area contributed by atoms with Crippen LogP contribution in [-0.2, 0) is 12.8 Å². The summed E-state index contributed by atoms with van der Waals surface area (Å²) in [6.45, 7) is 5.78. The molecule has 3 aliphatic rings. The van der Waals surface area contributed by atoms with E-state index >= 15 is 0 Å². The molecule has 28 heavy (non-hydrogen) atoms. The highest BCUT2D eigenvalue weighted by Gasteiger charge is 2.33. The van der Waals surface area contributed by atoms with Crippen molar-refractivity contribution in [1.82, 2.24) is 19.4 Å². The Morgan fingerprint density at radius 2 is 1.82 bits per heavy atom. The zero-order chi connectivity index (χ0) is 19.3. The van der Waals surface area contributed by atoms with Crippen LogP contribution < -0.4 is 0 Å². The van der Waals surface area contributed by atoms with E-state index in [2.05, 4.69) is 16.4 Å². The molecule has 150 valence electrons. The summed E-state index contributed by atoms with van der Waals surface area (Å²) in [5.41, 5.74) is 3.66. The molecule has 2 aromatic rings. The SMILES string of the molecule is Cc1nc(C2CCCC2)sc1C(=O)N1CCC(n2c(C)nc3c2CCCC3)C1. The first kappa shape index (κ1) is 18.3. The molecule has 1 saturated heterocycles. The minimum Gasteiger partial charge on any atom is -0.336 e. The maximum atomic E-state index is 13.3. The molecule has 1 unspecified atom stereocenters. The summed E-state index contributed by atoms with van der Waals surface area (Å²) in [7, 11) is 0. The van der Waals surface area contributed by atoms with Crippen molar-refractivity contribution >= 4 is 17.2 Å². The Kier molecular flexibility index (Phi) is 4.77. The second-order valence-corrected chi connectivity index (χ2v) is 9.80. The van der Waals surface area contributed by atoms with Crippen LogP contribution in [0.15, 0.2) is 0 Å². The number of nitrogens with zero attached hydrogens (tertiary/aromatic N) is 4. The van der Waals surface area contributed by atoms with Gasteiger partial charge in [-0.2, -0.15) is 0 Å². The van der Waals surface area contributed by atoms with Gasteiger partial charge in [0.25, 0.3) is 5.91 Å². The first-order valence-electron chi connectivity index (χ1n) is 10.9. The van der Waals surface area contributed by atoms with Crippen LogP contribution in [0.2, 0.25) is 0 Å². The van der Waals surface area contributed by atoms with Gasteiger partial charge >= 0.3 is 0 Å². The molecule has 0 aromatic carbocycles. The maximum Gasteiger partial charge on any atom is 0.265 e. The van der Waals surface area contributed by atoms with Crippen LogP contribution in [-0.4, -0.2) is 38.4 Å². The fourth-order valence-corrected chi connectivity index (χ4v) is 6.63. The van der Waals surface area contributed by atoms with Crippen molar-refractivity contribution in [2.24, 2.45) is 0 Å². The average Bonchev–Trinajstić information content (AvgIpc) is 3.46. The summed E-state index contributed by atoms with van der Waals surface area (Å²) < 4.78 is 2.45. The van der Waals surface area contributed by atoms with Crippen molar-refractivity contribution in [1.29, 1.82) is 0 Å². The Hall–Kier alpha value is -1.69. The van der Waals surface area contributed by atoms with Gasteiger partial charge in [0, 0.05) is 24.7 Å². The molecule has 2 fully saturated rings. The van der Waals surface area contributed by atoms with Crippen LogP contribution in [0, 0.1) is 13.8 Å². The quantitative estimate of drug-likeness (QED) is 0.760. The number of carbonyl (C=O) groups excluding carboxylic acids is 1. The molecular weight excluding hydrogens is 368 g/mol. The lowest BCUT2D eigenvalue weighted by atomic mass is 10.0. The standard InChI is InChI=1S/C22H30N4OS/c1-14-20(28-21(23-14)16-7-3-4-8-16)22(27)25-12-11-17(13-25)26-15(2)24-18-9-5-6-10-19(18)26/h16-17H,3-13H2,1-2H3. The summed E-state index contributed by atoms with van der Waals surface area (Å²) in [6, 6.07) is 0.376. The Morgan fingerprint density at radius 1 is 1.04 bits per heavy atom. The van der Waals surface area contributed by atoms with E-state index in [1.165, 1.54) is 54.9 Å². The Labute approximate surface area is 171 Å². The van der Waals surface area contributed by atoms with Crippen molar-refractivity contribution in [3.63, 3.8) is 0 Å². The second-order valence-electron chi connectivity index (χ2n) is 8.77. The number of fused-ring (bicyclic) bond motifs is 1. The van der Waals surface area contributed by atoms with E-state index in [9.17, 15) is 4.79 Å². The number of likely N-dealkylation sites (tertiary alicyclic amines) is 1. The molecule has 5 nitrogen and oxygen atoms in total. The molecular formula is C22H30N4OS. The highest BCUT2D eigenvalue weighted by molar-refractivity contribution is 7.13. The van der Waals surface area contributed by atoms with Gasteiger partial charge < -0.3 is 9.47 Å². The van der Waals surface area contributed by atoms with Gasteiger partial charge in [0.2, 0.25) is 0 Å². The van der Waals surface area contributed by atoms with Gasteiger partial charge in [-0.1, -0.05) is 12.8 Å². The largest absolute Gasteiger partial charge is 0.336 e. The molecule has 1 amide bonds. The third-order valence-electron chi connectivity index (χ3n) is 6.87. The van der Waals surface area contributed by atoms with Crippen LogP contribution in [0.5, 0.6) is 0 Å². The number of imidazole rings is 1. The van der Waals surface area contributed by atoms with Crippen LogP contribution in [0.25, 0.3) is 0 Å². The highest BCUT2D eigenvalue weighted by Crippen LogP contribution is 2.38. The fraction of sp³-hybridized carbons (Fsp3) is 0.682. The molecule has 0 radical (unpaired) electrons.